The van der Waals surface area contributed by atoms with Crippen molar-refractivity contribution in [3.05, 3.63) is 0 Å². The minimum atomic E-state index is -3.50. The maximum atomic E-state index is 11.1. The molecule has 1 amide bonds. The highest BCUT2D eigenvalue weighted by atomic mass is 32.2. The molecule has 1 aliphatic carbocycles. The van der Waals surface area contributed by atoms with Crippen molar-refractivity contribution < 1.29 is 13.2 Å². The number of nitrogens with zero attached hydrogens (tertiary/aromatic N) is 1. The first-order chi connectivity index (χ1) is 7.05. The molecule has 1 rings (SSSR count). The van der Waals surface area contributed by atoms with Crippen LogP contribution in [-0.4, -0.2) is 33.2 Å². The Labute approximate surface area is 88.7 Å². The zero-order valence-electron chi connectivity index (χ0n) is 8.19. The van der Waals surface area contributed by atoms with Gasteiger partial charge in [0.05, 0.1) is 6.07 Å². The van der Waals surface area contributed by atoms with Crippen LogP contribution >= 0.6 is 0 Å². The van der Waals surface area contributed by atoms with Crippen LogP contribution in [0.25, 0.3) is 0 Å². The molecule has 0 aromatic heterocycles. The van der Waals surface area contributed by atoms with Gasteiger partial charge in [0.15, 0.2) is 5.75 Å². The van der Waals surface area contributed by atoms with E-state index in [1.54, 1.807) is 6.07 Å². The molecule has 15 heavy (non-hydrogen) atoms. The van der Waals surface area contributed by atoms with Crippen LogP contribution in [0.4, 0.5) is 0 Å². The Morgan fingerprint density at radius 2 is 2.07 bits per heavy atom. The average molecular weight is 231 g/mol. The summed E-state index contributed by atoms with van der Waals surface area (Å²) in [5.41, 5.74) is 0. The largest absolute Gasteiger partial charge is 0.355 e. The standard InChI is InChI=1S/C8H13N3O3S/c9-3-6-15(13,14)11-5-4-10-8(12)7-1-2-7/h7,11H,1-2,4-6H2,(H,10,12). The number of carbonyl (C=O) groups is 1. The third-order valence-corrected chi connectivity index (χ3v) is 3.10. The molecule has 0 atom stereocenters. The van der Waals surface area contributed by atoms with Crippen LogP contribution < -0.4 is 10.0 Å². The van der Waals surface area contributed by atoms with Crippen molar-refractivity contribution in [3.8, 4) is 6.07 Å². The first-order valence-electron chi connectivity index (χ1n) is 4.67. The van der Waals surface area contributed by atoms with E-state index in [4.69, 9.17) is 5.26 Å². The lowest BCUT2D eigenvalue weighted by atomic mass is 10.4. The van der Waals surface area contributed by atoms with Crippen molar-refractivity contribution in [3.63, 3.8) is 0 Å². The molecule has 0 aromatic carbocycles. The van der Waals surface area contributed by atoms with E-state index in [9.17, 15) is 13.2 Å². The van der Waals surface area contributed by atoms with Crippen LogP contribution in [0.1, 0.15) is 12.8 Å². The van der Waals surface area contributed by atoms with Crippen LogP contribution in [0, 0.1) is 17.2 Å². The summed E-state index contributed by atoms with van der Waals surface area (Å²) < 4.78 is 24.2. The van der Waals surface area contributed by atoms with Gasteiger partial charge in [-0.3, -0.25) is 4.79 Å². The van der Waals surface area contributed by atoms with Crippen molar-refractivity contribution in [2.75, 3.05) is 18.8 Å². The van der Waals surface area contributed by atoms with Gasteiger partial charge in [0, 0.05) is 19.0 Å². The van der Waals surface area contributed by atoms with Crippen LogP contribution in [0.3, 0.4) is 0 Å². The summed E-state index contributed by atoms with van der Waals surface area (Å²) in [6.45, 7) is 0.391. The normalized spacial score (nSPS) is 15.7. The number of hydrogen-bond acceptors (Lipinski definition) is 4. The van der Waals surface area contributed by atoms with Gasteiger partial charge in [0.1, 0.15) is 0 Å². The molecule has 1 fully saturated rings. The number of rotatable bonds is 6. The molecule has 0 aromatic rings. The van der Waals surface area contributed by atoms with Gasteiger partial charge in [0.2, 0.25) is 15.9 Å². The summed E-state index contributed by atoms with van der Waals surface area (Å²) in [6.07, 6.45) is 1.85. The highest BCUT2D eigenvalue weighted by Gasteiger charge is 2.29. The molecule has 0 unspecified atom stereocenters. The van der Waals surface area contributed by atoms with Crippen LogP contribution in [0.5, 0.6) is 0 Å². The average Bonchev–Trinajstić information content (AvgIpc) is 2.95. The molecule has 0 radical (unpaired) electrons. The predicted octanol–water partition coefficient (Wildman–Crippen LogP) is -1.04. The SMILES string of the molecule is N#CCS(=O)(=O)NCCNC(=O)C1CC1. The Morgan fingerprint density at radius 1 is 1.40 bits per heavy atom. The highest BCUT2D eigenvalue weighted by molar-refractivity contribution is 7.89. The maximum Gasteiger partial charge on any atom is 0.225 e. The van der Waals surface area contributed by atoms with Crippen molar-refractivity contribution in [1.29, 1.82) is 5.26 Å². The van der Waals surface area contributed by atoms with E-state index in [1.165, 1.54) is 0 Å². The Kier molecular flexibility index (Phi) is 4.05. The van der Waals surface area contributed by atoms with Crippen LogP contribution in [0.2, 0.25) is 0 Å². The number of nitrogens with one attached hydrogen (secondary N) is 2. The van der Waals surface area contributed by atoms with Gasteiger partial charge in [-0.2, -0.15) is 5.26 Å². The van der Waals surface area contributed by atoms with Gasteiger partial charge in [-0.15, -0.1) is 0 Å². The molecule has 1 saturated carbocycles. The third kappa shape index (κ3) is 4.76. The molecule has 0 aliphatic heterocycles. The first kappa shape index (κ1) is 11.9. The first-order valence-corrected chi connectivity index (χ1v) is 6.32. The third-order valence-electron chi connectivity index (χ3n) is 1.95. The number of hydrogen-bond donors (Lipinski definition) is 2. The lowest BCUT2D eigenvalue weighted by molar-refractivity contribution is -0.122. The molecule has 0 bridgehead atoms. The summed E-state index contributed by atoms with van der Waals surface area (Å²) in [6, 6.07) is 1.55. The Balaban J connectivity index is 2.11. The summed E-state index contributed by atoms with van der Waals surface area (Å²) in [4.78, 5) is 11.1. The Hall–Kier alpha value is -1.13. The monoisotopic (exact) mass is 231 g/mol. The lowest BCUT2D eigenvalue weighted by Gasteiger charge is -2.04. The van der Waals surface area contributed by atoms with Gasteiger partial charge in [-0.1, -0.05) is 0 Å². The summed E-state index contributed by atoms with van der Waals surface area (Å²) in [7, 11) is -3.50. The minimum absolute atomic E-state index is 0.0190. The van der Waals surface area contributed by atoms with E-state index in [0.717, 1.165) is 12.8 Å². The topological polar surface area (TPSA) is 99.1 Å². The second-order valence-electron chi connectivity index (χ2n) is 3.38. The Morgan fingerprint density at radius 3 is 2.60 bits per heavy atom. The molecule has 7 heteroatoms. The maximum absolute atomic E-state index is 11.1. The van der Waals surface area contributed by atoms with Crippen LogP contribution in [0.15, 0.2) is 0 Å². The van der Waals surface area contributed by atoms with E-state index in [1.807, 2.05) is 0 Å². The molecule has 6 nitrogen and oxygen atoms in total. The smallest absolute Gasteiger partial charge is 0.225 e. The molecule has 0 saturated heterocycles. The Bertz CT molecular complexity index is 367. The van der Waals surface area contributed by atoms with E-state index in [-0.39, 0.29) is 24.9 Å². The van der Waals surface area contributed by atoms with E-state index < -0.39 is 15.8 Å². The van der Waals surface area contributed by atoms with E-state index in [2.05, 4.69) is 10.0 Å². The summed E-state index contributed by atoms with van der Waals surface area (Å²) >= 11 is 0. The number of sulfonamides is 1. The molecular formula is C8H13N3O3S. The number of nitriles is 1. The molecule has 1 aliphatic rings. The van der Waals surface area contributed by atoms with Gasteiger partial charge in [-0.05, 0) is 12.8 Å². The fourth-order valence-corrected chi connectivity index (χ4v) is 1.70. The molecule has 2 N–H and O–H groups in total. The fraction of sp³-hybridized carbons (Fsp3) is 0.750. The number of amides is 1. The van der Waals surface area contributed by atoms with Gasteiger partial charge in [-0.25, -0.2) is 13.1 Å². The van der Waals surface area contributed by atoms with Gasteiger partial charge >= 0.3 is 0 Å². The fourth-order valence-electron chi connectivity index (χ4n) is 1.02. The molecule has 0 heterocycles. The van der Waals surface area contributed by atoms with Crippen molar-refractivity contribution in [1.82, 2.24) is 10.0 Å². The second-order valence-corrected chi connectivity index (χ2v) is 5.18. The van der Waals surface area contributed by atoms with Crippen molar-refractivity contribution >= 4 is 15.9 Å². The van der Waals surface area contributed by atoms with Crippen molar-refractivity contribution in [2.24, 2.45) is 5.92 Å². The molecule has 0 spiro atoms. The van der Waals surface area contributed by atoms with Gasteiger partial charge < -0.3 is 5.32 Å². The predicted molar refractivity (Wildman–Crippen MR) is 53.1 cm³/mol. The van der Waals surface area contributed by atoms with Crippen LogP contribution in [-0.2, 0) is 14.8 Å². The van der Waals surface area contributed by atoms with E-state index in [0.29, 0.717) is 0 Å². The quantitative estimate of drug-likeness (QED) is 0.570. The lowest BCUT2D eigenvalue weighted by Crippen LogP contribution is -2.36. The minimum Gasteiger partial charge on any atom is -0.355 e. The molecule has 84 valence electrons. The zero-order chi connectivity index (χ0) is 11.3. The molecular weight excluding hydrogens is 218 g/mol. The summed E-state index contributed by atoms with van der Waals surface area (Å²) in [5, 5.41) is 10.8. The number of carbonyl (C=O) groups excluding carboxylic acids is 1. The second kappa shape index (κ2) is 5.09. The van der Waals surface area contributed by atoms with E-state index >= 15 is 0 Å². The summed E-state index contributed by atoms with van der Waals surface area (Å²) in [5.74, 6) is -0.445. The van der Waals surface area contributed by atoms with Crippen molar-refractivity contribution in [2.45, 2.75) is 12.8 Å². The zero-order valence-corrected chi connectivity index (χ0v) is 9.01. The highest BCUT2D eigenvalue weighted by Crippen LogP contribution is 2.28. The van der Waals surface area contributed by atoms with Gasteiger partial charge in [0.25, 0.3) is 0 Å².